The molecule has 0 spiro atoms. The normalized spacial score (nSPS) is 10.8. The molecule has 1 amide bonds. The van der Waals surface area contributed by atoms with Crippen LogP contribution in [0.5, 0.6) is 0 Å². The molecule has 106 valence electrons. The lowest BCUT2D eigenvalue weighted by molar-refractivity contribution is -0.116. The molecule has 0 atom stereocenters. The predicted molar refractivity (Wildman–Crippen MR) is 86.6 cm³/mol. The van der Waals surface area contributed by atoms with Crippen molar-refractivity contribution in [3.8, 4) is 0 Å². The maximum Gasteiger partial charge on any atom is 0.223 e. The lowest BCUT2D eigenvalue weighted by Crippen LogP contribution is -2.24. The molecule has 1 aromatic heterocycles. The van der Waals surface area contributed by atoms with E-state index < -0.39 is 0 Å². The number of rotatable bonds is 3. The van der Waals surface area contributed by atoms with Gasteiger partial charge in [-0.3, -0.25) is 4.79 Å². The highest BCUT2D eigenvalue weighted by Gasteiger charge is 2.11. The van der Waals surface area contributed by atoms with E-state index in [1.54, 1.807) is 11.8 Å². The molecule has 21 heavy (non-hydrogen) atoms. The first-order valence-corrected chi connectivity index (χ1v) is 7.03. The van der Waals surface area contributed by atoms with Gasteiger partial charge in [-0.15, -0.1) is 0 Å². The molecular weight excluding hydrogens is 260 g/mol. The summed E-state index contributed by atoms with van der Waals surface area (Å²) in [5.41, 5.74) is 3.30. The Morgan fingerprint density at radius 3 is 2.57 bits per heavy atom. The van der Waals surface area contributed by atoms with Gasteiger partial charge in [0.1, 0.15) is 0 Å². The number of anilines is 1. The molecule has 0 aliphatic rings. The van der Waals surface area contributed by atoms with E-state index in [4.69, 9.17) is 0 Å². The number of amides is 1. The zero-order chi connectivity index (χ0) is 14.8. The molecule has 1 heterocycles. The summed E-state index contributed by atoms with van der Waals surface area (Å²) in [6.45, 7) is 2.34. The summed E-state index contributed by atoms with van der Waals surface area (Å²) in [5.74, 6) is 0.0415. The van der Waals surface area contributed by atoms with Gasteiger partial charge >= 0.3 is 0 Å². The Morgan fingerprint density at radius 1 is 1.05 bits per heavy atom. The van der Waals surface area contributed by atoms with Crippen LogP contribution in [0.1, 0.15) is 12.5 Å². The number of para-hydroxylation sites is 2. The van der Waals surface area contributed by atoms with E-state index in [9.17, 15) is 4.79 Å². The molecule has 0 radical (unpaired) electrons. The van der Waals surface area contributed by atoms with Crippen LogP contribution in [0.4, 0.5) is 5.69 Å². The smallest absolute Gasteiger partial charge is 0.223 e. The Balaban J connectivity index is 2.00. The molecule has 3 rings (SSSR count). The average Bonchev–Trinajstić information content (AvgIpc) is 2.90. The maximum atomic E-state index is 11.6. The number of benzene rings is 2. The fourth-order valence-corrected chi connectivity index (χ4v) is 2.60. The van der Waals surface area contributed by atoms with Crippen molar-refractivity contribution in [1.29, 1.82) is 0 Å². The third kappa shape index (κ3) is 2.55. The lowest BCUT2D eigenvalue weighted by Gasteiger charge is -2.19. The number of hydrogen-bond donors (Lipinski definition) is 0. The van der Waals surface area contributed by atoms with Crippen LogP contribution < -0.4 is 4.90 Å². The van der Waals surface area contributed by atoms with Crippen molar-refractivity contribution in [3.63, 3.8) is 0 Å². The quantitative estimate of drug-likeness (QED) is 0.717. The summed E-state index contributed by atoms with van der Waals surface area (Å²) in [6, 6.07) is 18.5. The molecule has 0 unspecified atom stereocenters. The molecule has 0 fully saturated rings. The van der Waals surface area contributed by atoms with E-state index in [2.05, 4.69) is 35.0 Å². The number of carbonyl (C=O) groups is 1. The summed E-state index contributed by atoms with van der Waals surface area (Å²) in [4.78, 5) is 13.3. The molecule has 3 heteroatoms. The van der Waals surface area contributed by atoms with Crippen LogP contribution in [-0.2, 0) is 11.3 Å². The summed E-state index contributed by atoms with van der Waals surface area (Å²) in [7, 11) is 1.81. The Bertz CT molecular complexity index is 789. The highest BCUT2D eigenvalue weighted by Crippen LogP contribution is 2.23. The molecule has 0 saturated heterocycles. The summed E-state index contributed by atoms with van der Waals surface area (Å²) < 4.78 is 2.21. The van der Waals surface area contributed by atoms with E-state index in [-0.39, 0.29) is 5.91 Å². The average molecular weight is 278 g/mol. The van der Waals surface area contributed by atoms with Crippen LogP contribution in [0.3, 0.4) is 0 Å². The Labute approximate surface area is 124 Å². The van der Waals surface area contributed by atoms with Crippen molar-refractivity contribution in [2.45, 2.75) is 13.5 Å². The van der Waals surface area contributed by atoms with Gasteiger partial charge in [0.2, 0.25) is 5.91 Å². The second kappa shape index (κ2) is 5.44. The summed E-state index contributed by atoms with van der Waals surface area (Å²) in [6.07, 6.45) is 2.09. The third-order valence-corrected chi connectivity index (χ3v) is 3.85. The van der Waals surface area contributed by atoms with Crippen molar-refractivity contribution in [2.75, 3.05) is 11.9 Å². The van der Waals surface area contributed by atoms with Crippen molar-refractivity contribution >= 4 is 22.5 Å². The number of fused-ring (bicyclic) bond motifs is 1. The standard InChI is InChI=1S/C18H18N2O/c1-14(21)19(2)17-9-5-4-8-16(17)13-20-12-11-15-7-3-6-10-18(15)20/h3-12H,13H2,1-2H3. The second-order valence-electron chi connectivity index (χ2n) is 5.21. The SMILES string of the molecule is CC(=O)N(C)c1ccccc1Cn1ccc2ccccc21. The fraction of sp³-hybridized carbons (Fsp3) is 0.167. The van der Waals surface area contributed by atoms with Gasteiger partial charge < -0.3 is 9.47 Å². The van der Waals surface area contributed by atoms with Gasteiger partial charge in [0.05, 0.1) is 0 Å². The van der Waals surface area contributed by atoms with Gasteiger partial charge in [0, 0.05) is 37.9 Å². The van der Waals surface area contributed by atoms with Crippen LogP contribution in [0.2, 0.25) is 0 Å². The van der Waals surface area contributed by atoms with E-state index in [0.29, 0.717) is 0 Å². The Hall–Kier alpha value is -2.55. The Kier molecular flexibility index (Phi) is 3.48. The number of hydrogen-bond acceptors (Lipinski definition) is 1. The fourth-order valence-electron chi connectivity index (χ4n) is 2.60. The first-order chi connectivity index (χ1) is 10.2. The first-order valence-electron chi connectivity index (χ1n) is 7.03. The summed E-state index contributed by atoms with van der Waals surface area (Å²) >= 11 is 0. The van der Waals surface area contributed by atoms with E-state index >= 15 is 0 Å². The molecule has 3 aromatic rings. The zero-order valence-electron chi connectivity index (χ0n) is 12.3. The summed E-state index contributed by atoms with van der Waals surface area (Å²) in [5, 5.41) is 1.23. The minimum atomic E-state index is 0.0415. The van der Waals surface area contributed by atoms with Gasteiger partial charge in [-0.05, 0) is 29.1 Å². The van der Waals surface area contributed by atoms with E-state index in [1.165, 1.54) is 10.9 Å². The van der Waals surface area contributed by atoms with Crippen molar-refractivity contribution < 1.29 is 4.79 Å². The minimum Gasteiger partial charge on any atom is -0.343 e. The van der Waals surface area contributed by atoms with Crippen LogP contribution in [0, 0.1) is 0 Å². The lowest BCUT2D eigenvalue weighted by atomic mass is 10.1. The van der Waals surface area contributed by atoms with E-state index in [0.717, 1.165) is 17.8 Å². The van der Waals surface area contributed by atoms with E-state index in [1.807, 2.05) is 37.4 Å². The molecule has 0 aliphatic heterocycles. The molecule has 0 bridgehead atoms. The number of aromatic nitrogens is 1. The van der Waals surface area contributed by atoms with Crippen LogP contribution in [-0.4, -0.2) is 17.5 Å². The second-order valence-corrected chi connectivity index (χ2v) is 5.21. The highest BCUT2D eigenvalue weighted by atomic mass is 16.2. The van der Waals surface area contributed by atoms with Gasteiger partial charge in [0.25, 0.3) is 0 Å². The number of carbonyl (C=O) groups excluding carboxylic acids is 1. The minimum absolute atomic E-state index is 0.0415. The molecule has 0 saturated carbocycles. The Morgan fingerprint density at radius 2 is 1.76 bits per heavy atom. The van der Waals surface area contributed by atoms with Gasteiger partial charge in [-0.1, -0.05) is 36.4 Å². The molecule has 0 N–H and O–H groups in total. The predicted octanol–water partition coefficient (Wildman–Crippen LogP) is 3.67. The number of nitrogens with zero attached hydrogens (tertiary/aromatic N) is 2. The topological polar surface area (TPSA) is 25.2 Å². The molecule has 0 aliphatic carbocycles. The largest absolute Gasteiger partial charge is 0.343 e. The highest BCUT2D eigenvalue weighted by molar-refractivity contribution is 5.91. The van der Waals surface area contributed by atoms with Gasteiger partial charge in [-0.2, -0.15) is 0 Å². The molecule has 2 aromatic carbocycles. The van der Waals surface area contributed by atoms with Crippen LogP contribution >= 0.6 is 0 Å². The van der Waals surface area contributed by atoms with Crippen molar-refractivity contribution in [1.82, 2.24) is 4.57 Å². The van der Waals surface area contributed by atoms with Crippen LogP contribution in [0.15, 0.2) is 60.8 Å². The molecule has 3 nitrogen and oxygen atoms in total. The monoisotopic (exact) mass is 278 g/mol. The van der Waals surface area contributed by atoms with Crippen LogP contribution in [0.25, 0.3) is 10.9 Å². The van der Waals surface area contributed by atoms with Gasteiger partial charge in [-0.25, -0.2) is 0 Å². The molecular formula is C18H18N2O. The third-order valence-electron chi connectivity index (χ3n) is 3.85. The van der Waals surface area contributed by atoms with Crippen molar-refractivity contribution in [2.24, 2.45) is 0 Å². The van der Waals surface area contributed by atoms with Gasteiger partial charge in [0.15, 0.2) is 0 Å². The maximum absolute atomic E-state index is 11.6. The first kappa shape index (κ1) is 13.4. The van der Waals surface area contributed by atoms with Crippen molar-refractivity contribution in [3.05, 3.63) is 66.4 Å². The zero-order valence-corrected chi connectivity index (χ0v) is 12.3.